The van der Waals surface area contributed by atoms with Crippen LogP contribution in [0.3, 0.4) is 0 Å². The van der Waals surface area contributed by atoms with E-state index in [9.17, 15) is 0 Å². The number of rotatable bonds is 9. The summed E-state index contributed by atoms with van der Waals surface area (Å²) < 4.78 is 5.52. The van der Waals surface area contributed by atoms with Gasteiger partial charge in [-0.15, -0.1) is 24.0 Å². The van der Waals surface area contributed by atoms with Gasteiger partial charge in [0.15, 0.2) is 5.96 Å². The molecule has 2 N–H and O–H groups in total. The molecule has 0 amide bonds. The van der Waals surface area contributed by atoms with Crippen molar-refractivity contribution in [3.05, 3.63) is 23.9 Å². The second-order valence-corrected chi connectivity index (χ2v) is 4.73. The average molecular weight is 420 g/mol. The Morgan fingerprint density at radius 3 is 2.73 bits per heavy atom. The van der Waals surface area contributed by atoms with Crippen LogP contribution in [-0.2, 0) is 6.54 Å². The predicted molar refractivity (Wildman–Crippen MR) is 103 cm³/mol. The van der Waals surface area contributed by atoms with E-state index in [-0.39, 0.29) is 24.0 Å². The lowest BCUT2D eigenvalue weighted by molar-refractivity contribution is 0.323. The molecule has 0 spiro atoms. The summed E-state index contributed by atoms with van der Waals surface area (Å²) in [5, 5.41) is 6.61. The molecule has 0 radical (unpaired) electrons. The average Bonchev–Trinajstić information content (AvgIpc) is 2.50. The second-order valence-electron chi connectivity index (χ2n) is 4.73. The highest BCUT2D eigenvalue weighted by Gasteiger charge is 2.04. The SMILES string of the molecule is CCCCCNC(=NCc1cccnc1OCC)NCC.I. The van der Waals surface area contributed by atoms with Crippen LogP contribution in [0.15, 0.2) is 23.3 Å². The number of nitrogens with zero attached hydrogens (tertiary/aromatic N) is 2. The lowest BCUT2D eigenvalue weighted by atomic mass is 10.2. The molecule has 0 aromatic carbocycles. The lowest BCUT2D eigenvalue weighted by Crippen LogP contribution is -2.37. The van der Waals surface area contributed by atoms with Gasteiger partial charge in [-0.05, 0) is 26.3 Å². The van der Waals surface area contributed by atoms with Crippen LogP contribution in [0.1, 0.15) is 45.6 Å². The van der Waals surface area contributed by atoms with E-state index in [1.54, 1.807) is 6.20 Å². The van der Waals surface area contributed by atoms with Gasteiger partial charge in [-0.2, -0.15) is 0 Å². The normalized spacial score (nSPS) is 10.8. The third-order valence-electron chi connectivity index (χ3n) is 2.96. The van der Waals surface area contributed by atoms with Crippen molar-refractivity contribution in [3.63, 3.8) is 0 Å². The zero-order valence-corrected chi connectivity index (χ0v) is 16.2. The van der Waals surface area contributed by atoms with E-state index in [1.807, 2.05) is 19.1 Å². The van der Waals surface area contributed by atoms with Crippen molar-refractivity contribution in [1.82, 2.24) is 15.6 Å². The predicted octanol–water partition coefficient (Wildman–Crippen LogP) is 3.34. The van der Waals surface area contributed by atoms with Gasteiger partial charge in [0.05, 0.1) is 13.2 Å². The van der Waals surface area contributed by atoms with E-state index in [2.05, 4.69) is 34.5 Å². The Balaban J connectivity index is 0.00000441. The smallest absolute Gasteiger partial charge is 0.218 e. The molecule has 1 aromatic rings. The van der Waals surface area contributed by atoms with Crippen LogP contribution in [0.25, 0.3) is 0 Å². The number of aliphatic imine (C=N–C) groups is 1. The third-order valence-corrected chi connectivity index (χ3v) is 2.96. The molecule has 0 atom stereocenters. The molecule has 6 heteroatoms. The summed E-state index contributed by atoms with van der Waals surface area (Å²) in [5.74, 6) is 1.52. The van der Waals surface area contributed by atoms with Gasteiger partial charge in [0, 0.05) is 24.8 Å². The van der Waals surface area contributed by atoms with Crippen molar-refractivity contribution in [2.24, 2.45) is 4.99 Å². The second kappa shape index (κ2) is 13.6. The molecule has 0 aliphatic rings. The fraction of sp³-hybridized carbons (Fsp3) is 0.625. The first-order valence-electron chi connectivity index (χ1n) is 7.90. The Morgan fingerprint density at radius 1 is 1.23 bits per heavy atom. The number of nitrogens with one attached hydrogen (secondary N) is 2. The lowest BCUT2D eigenvalue weighted by Gasteiger charge is -2.12. The Hall–Kier alpha value is -1.05. The van der Waals surface area contributed by atoms with Gasteiger partial charge in [-0.25, -0.2) is 9.98 Å². The Bertz CT molecular complexity index is 426. The molecule has 22 heavy (non-hydrogen) atoms. The van der Waals surface area contributed by atoms with Crippen LogP contribution in [-0.4, -0.2) is 30.6 Å². The maximum absolute atomic E-state index is 5.52. The molecule has 1 rings (SSSR count). The van der Waals surface area contributed by atoms with Crippen molar-refractivity contribution >= 4 is 29.9 Å². The Labute approximate surface area is 151 Å². The third kappa shape index (κ3) is 8.41. The zero-order valence-electron chi connectivity index (χ0n) is 13.9. The molecular formula is C16H29IN4O. The highest BCUT2D eigenvalue weighted by molar-refractivity contribution is 14.0. The summed E-state index contributed by atoms with van der Waals surface area (Å²) in [5.41, 5.74) is 1.00. The standard InChI is InChI=1S/C16H28N4O.HI/c1-4-7-8-11-19-16(17-5-2)20-13-14-10-9-12-18-15(14)21-6-3;/h9-10,12H,4-8,11,13H2,1-3H3,(H2,17,19,20);1H. The molecule has 1 heterocycles. The maximum atomic E-state index is 5.52. The first-order valence-corrected chi connectivity index (χ1v) is 7.90. The summed E-state index contributed by atoms with van der Waals surface area (Å²) in [7, 11) is 0. The fourth-order valence-corrected chi connectivity index (χ4v) is 1.90. The molecular weight excluding hydrogens is 391 g/mol. The number of guanidine groups is 1. The van der Waals surface area contributed by atoms with Gasteiger partial charge in [-0.3, -0.25) is 0 Å². The number of pyridine rings is 1. The van der Waals surface area contributed by atoms with Crippen molar-refractivity contribution in [2.45, 2.75) is 46.6 Å². The number of hydrogen-bond acceptors (Lipinski definition) is 3. The number of ether oxygens (including phenoxy) is 1. The summed E-state index contributed by atoms with van der Waals surface area (Å²) in [6.45, 7) is 9.21. The number of unbranched alkanes of at least 4 members (excludes halogenated alkanes) is 2. The zero-order chi connectivity index (χ0) is 15.3. The van der Waals surface area contributed by atoms with Gasteiger partial charge < -0.3 is 15.4 Å². The van der Waals surface area contributed by atoms with E-state index in [4.69, 9.17) is 4.74 Å². The van der Waals surface area contributed by atoms with Crippen molar-refractivity contribution in [1.29, 1.82) is 0 Å². The van der Waals surface area contributed by atoms with Crippen LogP contribution in [0.2, 0.25) is 0 Å². The number of hydrogen-bond donors (Lipinski definition) is 2. The van der Waals surface area contributed by atoms with Crippen LogP contribution in [0.5, 0.6) is 5.88 Å². The summed E-state index contributed by atoms with van der Waals surface area (Å²) in [6, 6.07) is 3.91. The van der Waals surface area contributed by atoms with E-state index in [0.29, 0.717) is 19.0 Å². The minimum atomic E-state index is 0. The summed E-state index contributed by atoms with van der Waals surface area (Å²) in [4.78, 5) is 8.85. The van der Waals surface area contributed by atoms with E-state index >= 15 is 0 Å². The Kier molecular flexibility index (Phi) is 13.0. The van der Waals surface area contributed by atoms with Gasteiger partial charge in [0.25, 0.3) is 0 Å². The molecule has 0 saturated heterocycles. The molecule has 126 valence electrons. The summed E-state index contributed by atoms with van der Waals surface area (Å²) in [6.07, 6.45) is 5.37. The first-order chi connectivity index (χ1) is 10.3. The minimum absolute atomic E-state index is 0. The summed E-state index contributed by atoms with van der Waals surface area (Å²) >= 11 is 0. The van der Waals surface area contributed by atoms with Crippen LogP contribution in [0, 0.1) is 0 Å². The topological polar surface area (TPSA) is 58.5 Å². The monoisotopic (exact) mass is 420 g/mol. The molecule has 0 fully saturated rings. The van der Waals surface area contributed by atoms with Gasteiger partial charge >= 0.3 is 0 Å². The minimum Gasteiger partial charge on any atom is -0.478 e. The first kappa shape index (κ1) is 20.9. The van der Waals surface area contributed by atoms with Crippen LogP contribution < -0.4 is 15.4 Å². The van der Waals surface area contributed by atoms with E-state index in [0.717, 1.165) is 31.0 Å². The van der Waals surface area contributed by atoms with Crippen LogP contribution in [0.4, 0.5) is 0 Å². The molecule has 1 aromatic heterocycles. The highest BCUT2D eigenvalue weighted by Crippen LogP contribution is 2.15. The maximum Gasteiger partial charge on any atom is 0.218 e. The van der Waals surface area contributed by atoms with Gasteiger partial charge in [0.2, 0.25) is 5.88 Å². The molecule has 0 saturated carbocycles. The molecule has 5 nitrogen and oxygen atoms in total. The highest BCUT2D eigenvalue weighted by atomic mass is 127. The van der Waals surface area contributed by atoms with E-state index in [1.165, 1.54) is 12.8 Å². The largest absolute Gasteiger partial charge is 0.478 e. The van der Waals surface area contributed by atoms with Crippen molar-refractivity contribution in [2.75, 3.05) is 19.7 Å². The molecule has 0 bridgehead atoms. The number of aromatic nitrogens is 1. The number of halogens is 1. The van der Waals surface area contributed by atoms with Gasteiger partial charge in [-0.1, -0.05) is 25.8 Å². The van der Waals surface area contributed by atoms with Crippen LogP contribution >= 0.6 is 24.0 Å². The molecule has 0 aliphatic heterocycles. The quantitative estimate of drug-likeness (QED) is 0.279. The fourth-order valence-electron chi connectivity index (χ4n) is 1.90. The van der Waals surface area contributed by atoms with Crippen molar-refractivity contribution < 1.29 is 4.74 Å². The Morgan fingerprint density at radius 2 is 2.05 bits per heavy atom. The van der Waals surface area contributed by atoms with E-state index < -0.39 is 0 Å². The molecule has 0 unspecified atom stereocenters. The van der Waals surface area contributed by atoms with Crippen molar-refractivity contribution in [3.8, 4) is 5.88 Å². The molecule has 0 aliphatic carbocycles. The van der Waals surface area contributed by atoms with Gasteiger partial charge in [0.1, 0.15) is 0 Å².